The number of aromatic nitrogens is 2. The van der Waals surface area contributed by atoms with Crippen LogP contribution in [0.4, 0.5) is 0 Å². The lowest BCUT2D eigenvalue weighted by molar-refractivity contribution is 0.0824. The molecule has 0 aromatic carbocycles. The molecule has 118 valence electrons. The molecule has 0 unspecified atom stereocenters. The number of rotatable bonds is 3. The largest absolute Gasteiger partial charge is 0.496 e. The van der Waals surface area contributed by atoms with Gasteiger partial charge in [-0.3, -0.25) is 14.8 Å². The van der Waals surface area contributed by atoms with Crippen molar-refractivity contribution in [3.63, 3.8) is 0 Å². The van der Waals surface area contributed by atoms with E-state index < -0.39 is 0 Å². The summed E-state index contributed by atoms with van der Waals surface area (Å²) >= 11 is 6.09. The van der Waals surface area contributed by atoms with E-state index in [9.17, 15) is 4.79 Å². The Hall–Kier alpha value is -2.60. The van der Waals surface area contributed by atoms with Gasteiger partial charge in [0, 0.05) is 38.6 Å². The van der Waals surface area contributed by atoms with Gasteiger partial charge in [0.25, 0.3) is 5.91 Å². The molecule has 0 saturated heterocycles. The van der Waals surface area contributed by atoms with Crippen LogP contribution in [-0.4, -0.2) is 42.0 Å². The maximum atomic E-state index is 12.1. The van der Waals surface area contributed by atoms with Gasteiger partial charge in [0.2, 0.25) is 0 Å². The van der Waals surface area contributed by atoms with Crippen molar-refractivity contribution in [1.29, 1.82) is 0 Å². The third kappa shape index (κ3) is 2.73. The first kappa shape index (κ1) is 15.3. The van der Waals surface area contributed by atoms with Crippen LogP contribution >= 0.6 is 11.6 Å². The lowest BCUT2D eigenvalue weighted by Gasteiger charge is -2.13. The Morgan fingerprint density at radius 1 is 1.30 bits per heavy atom. The topological polar surface area (TPSA) is 68.5 Å². The molecule has 1 amide bonds. The number of carbonyl (C=O) groups is 1. The van der Waals surface area contributed by atoms with Gasteiger partial charge in [-0.1, -0.05) is 11.6 Å². The van der Waals surface area contributed by atoms with Crippen molar-refractivity contribution in [2.45, 2.75) is 0 Å². The first-order valence-corrected chi connectivity index (χ1v) is 7.19. The third-order valence-corrected chi connectivity index (χ3v) is 3.64. The van der Waals surface area contributed by atoms with Crippen LogP contribution in [0.1, 0.15) is 10.4 Å². The van der Waals surface area contributed by atoms with Crippen molar-refractivity contribution in [2.24, 2.45) is 0 Å². The van der Waals surface area contributed by atoms with Crippen molar-refractivity contribution < 1.29 is 13.9 Å². The van der Waals surface area contributed by atoms with E-state index in [1.54, 1.807) is 38.5 Å². The Morgan fingerprint density at radius 2 is 2.09 bits per heavy atom. The maximum Gasteiger partial charge on any atom is 0.258 e. The lowest BCUT2D eigenvalue weighted by Crippen LogP contribution is -2.22. The molecule has 0 saturated carbocycles. The molecule has 3 aromatic heterocycles. The van der Waals surface area contributed by atoms with E-state index in [-0.39, 0.29) is 5.91 Å². The molecule has 23 heavy (non-hydrogen) atoms. The van der Waals surface area contributed by atoms with Crippen LogP contribution in [-0.2, 0) is 0 Å². The van der Waals surface area contributed by atoms with Gasteiger partial charge < -0.3 is 14.1 Å². The minimum absolute atomic E-state index is 0.185. The van der Waals surface area contributed by atoms with Gasteiger partial charge in [0.15, 0.2) is 11.3 Å². The van der Waals surface area contributed by atoms with Crippen LogP contribution in [0.3, 0.4) is 0 Å². The van der Waals surface area contributed by atoms with Gasteiger partial charge in [-0.25, -0.2) is 0 Å². The highest BCUT2D eigenvalue weighted by Gasteiger charge is 2.18. The van der Waals surface area contributed by atoms with Crippen molar-refractivity contribution in [2.75, 3.05) is 21.2 Å². The number of amides is 1. The lowest BCUT2D eigenvalue weighted by atomic mass is 10.2. The molecular formula is C16H14ClN3O3. The molecule has 0 fully saturated rings. The molecule has 0 N–H and O–H groups in total. The summed E-state index contributed by atoms with van der Waals surface area (Å²) < 4.78 is 11.0. The molecule has 0 atom stereocenters. The summed E-state index contributed by atoms with van der Waals surface area (Å²) in [5.41, 5.74) is 2.06. The molecule has 0 spiro atoms. The molecule has 3 heterocycles. The van der Waals surface area contributed by atoms with Crippen LogP contribution in [0.15, 0.2) is 35.0 Å². The fourth-order valence-electron chi connectivity index (χ4n) is 2.18. The number of nitrogens with zero attached hydrogens (tertiary/aromatic N) is 3. The highest BCUT2D eigenvalue weighted by atomic mass is 35.5. The van der Waals surface area contributed by atoms with E-state index in [0.717, 1.165) is 0 Å². The second-order valence-electron chi connectivity index (χ2n) is 5.09. The van der Waals surface area contributed by atoms with E-state index >= 15 is 0 Å². The average molecular weight is 332 g/mol. The zero-order valence-corrected chi connectivity index (χ0v) is 13.6. The number of halogens is 1. The first-order chi connectivity index (χ1) is 11.0. The maximum absolute atomic E-state index is 12.1. The van der Waals surface area contributed by atoms with Gasteiger partial charge in [0.05, 0.1) is 17.7 Å². The van der Waals surface area contributed by atoms with E-state index in [0.29, 0.717) is 38.9 Å². The predicted molar refractivity (Wildman–Crippen MR) is 86.8 cm³/mol. The Balaban J connectivity index is 2.09. The highest BCUT2D eigenvalue weighted by Crippen LogP contribution is 2.32. The van der Waals surface area contributed by atoms with Gasteiger partial charge in [-0.15, -0.1) is 0 Å². The van der Waals surface area contributed by atoms with E-state index in [1.165, 1.54) is 18.2 Å². The number of furan rings is 1. The second kappa shape index (κ2) is 5.89. The number of pyridine rings is 2. The molecule has 6 nitrogen and oxygen atoms in total. The summed E-state index contributed by atoms with van der Waals surface area (Å²) in [6, 6.07) is 5.06. The van der Waals surface area contributed by atoms with Crippen molar-refractivity contribution in [1.82, 2.24) is 14.9 Å². The minimum atomic E-state index is -0.185. The van der Waals surface area contributed by atoms with Crippen LogP contribution in [0, 0.1) is 0 Å². The number of carbonyl (C=O) groups excluding carboxylic acids is 1. The molecule has 3 aromatic rings. The quantitative estimate of drug-likeness (QED) is 0.737. The Morgan fingerprint density at radius 3 is 2.74 bits per heavy atom. The van der Waals surface area contributed by atoms with Crippen LogP contribution in [0.2, 0.25) is 5.02 Å². The van der Waals surface area contributed by atoms with Gasteiger partial charge >= 0.3 is 0 Å². The van der Waals surface area contributed by atoms with Gasteiger partial charge in [-0.2, -0.15) is 0 Å². The Bertz CT molecular complexity index is 889. The minimum Gasteiger partial charge on any atom is -0.496 e. The van der Waals surface area contributed by atoms with Crippen molar-refractivity contribution in [3.8, 4) is 17.2 Å². The Kier molecular flexibility index (Phi) is 3.92. The van der Waals surface area contributed by atoms with E-state index in [4.69, 9.17) is 20.8 Å². The molecule has 0 bridgehead atoms. The number of ether oxygens (including phenoxy) is 1. The number of methoxy groups -OCH3 is 1. The van der Waals surface area contributed by atoms with Gasteiger partial charge in [-0.05, 0) is 6.07 Å². The molecule has 7 heteroatoms. The van der Waals surface area contributed by atoms with E-state index in [2.05, 4.69) is 9.97 Å². The highest BCUT2D eigenvalue weighted by molar-refractivity contribution is 6.34. The number of hydrogen-bond donors (Lipinski definition) is 0. The third-order valence-electron chi connectivity index (χ3n) is 3.34. The molecule has 0 aliphatic carbocycles. The molecule has 0 aliphatic heterocycles. The van der Waals surface area contributed by atoms with Crippen LogP contribution < -0.4 is 4.74 Å². The molecule has 0 aliphatic rings. The average Bonchev–Trinajstić information content (AvgIpc) is 2.99. The Labute approximate surface area is 137 Å². The number of hydrogen-bond acceptors (Lipinski definition) is 5. The van der Waals surface area contributed by atoms with Crippen molar-refractivity contribution in [3.05, 3.63) is 41.2 Å². The number of fused-ring (bicyclic) bond motifs is 1. The summed E-state index contributed by atoms with van der Waals surface area (Å²) in [5.74, 6) is 0.742. The van der Waals surface area contributed by atoms with E-state index in [1.807, 2.05) is 0 Å². The van der Waals surface area contributed by atoms with Gasteiger partial charge in [0.1, 0.15) is 17.0 Å². The fraction of sp³-hybridized carbons (Fsp3) is 0.188. The zero-order valence-electron chi connectivity index (χ0n) is 12.8. The van der Waals surface area contributed by atoms with Crippen molar-refractivity contribution >= 4 is 28.6 Å². The fourth-order valence-corrected chi connectivity index (χ4v) is 2.37. The summed E-state index contributed by atoms with van der Waals surface area (Å²) in [7, 11) is 4.84. The molecule has 3 rings (SSSR count). The first-order valence-electron chi connectivity index (χ1n) is 6.81. The SMILES string of the molecule is COc1cc(-c2cc3nccc(Cl)c3o2)ncc1C(=O)N(C)C. The molecule has 0 radical (unpaired) electrons. The summed E-state index contributed by atoms with van der Waals surface area (Å²) in [6.07, 6.45) is 3.08. The van der Waals surface area contributed by atoms with Crippen LogP contribution in [0.25, 0.3) is 22.6 Å². The normalized spacial score (nSPS) is 10.8. The predicted octanol–water partition coefficient (Wildman–Crippen LogP) is 3.25. The summed E-state index contributed by atoms with van der Waals surface area (Å²) in [6.45, 7) is 0. The molecular weight excluding hydrogens is 318 g/mol. The summed E-state index contributed by atoms with van der Waals surface area (Å²) in [4.78, 5) is 22.1. The smallest absolute Gasteiger partial charge is 0.258 e. The second-order valence-corrected chi connectivity index (χ2v) is 5.49. The summed E-state index contributed by atoms with van der Waals surface area (Å²) in [5, 5.41) is 0.479. The zero-order chi connectivity index (χ0) is 16.6. The standard InChI is InChI=1S/C16H14ClN3O3/c1-20(2)16(21)9-8-19-11(6-13(9)22-3)14-7-12-15(23-14)10(17)4-5-18-12/h4-8H,1-3H3. The monoisotopic (exact) mass is 331 g/mol. The van der Waals surface area contributed by atoms with Crippen LogP contribution in [0.5, 0.6) is 5.75 Å².